The number of halogens is 2. The molecule has 0 radical (unpaired) electrons. The Morgan fingerprint density at radius 1 is 1.35 bits per heavy atom. The van der Waals surface area contributed by atoms with E-state index in [4.69, 9.17) is 0 Å². The number of hydrogen-bond acceptors (Lipinski definition) is 3. The molecule has 0 spiro atoms. The molecule has 0 fully saturated rings. The number of para-hydroxylation sites is 1. The van der Waals surface area contributed by atoms with Crippen molar-refractivity contribution in [1.29, 1.82) is 0 Å². The van der Waals surface area contributed by atoms with Crippen molar-refractivity contribution < 1.29 is 12.8 Å². The van der Waals surface area contributed by atoms with Crippen LogP contribution in [0.1, 0.15) is 12.5 Å². The minimum absolute atomic E-state index is 0.0668. The van der Waals surface area contributed by atoms with Crippen molar-refractivity contribution in [2.45, 2.75) is 18.1 Å². The summed E-state index contributed by atoms with van der Waals surface area (Å²) in [7, 11) is -3.75. The Morgan fingerprint density at radius 3 is 2.50 bits per heavy atom. The van der Waals surface area contributed by atoms with Gasteiger partial charge in [-0.2, -0.15) is 0 Å². The summed E-state index contributed by atoms with van der Waals surface area (Å²) >= 11 is 4.44. The molecule has 0 bridgehead atoms. The van der Waals surface area contributed by atoms with Crippen molar-refractivity contribution in [2.75, 3.05) is 10.8 Å². The lowest BCUT2D eigenvalue weighted by Gasteiger charge is -2.22. The third-order valence-corrected chi connectivity index (χ3v) is 7.26. The first-order valence-corrected chi connectivity index (χ1v) is 8.96. The number of hydrogen-bond donors (Lipinski definition) is 0. The van der Waals surface area contributed by atoms with Crippen LogP contribution in [-0.2, 0) is 10.0 Å². The number of anilines is 1. The Morgan fingerprint density at radius 2 is 2.00 bits per heavy atom. The highest BCUT2D eigenvalue weighted by atomic mass is 79.9. The first kappa shape index (κ1) is 15.5. The number of rotatable bonds is 4. The van der Waals surface area contributed by atoms with Crippen molar-refractivity contribution in [1.82, 2.24) is 0 Å². The molecule has 20 heavy (non-hydrogen) atoms. The second kappa shape index (κ2) is 5.83. The summed E-state index contributed by atoms with van der Waals surface area (Å²) in [6, 6.07) is 7.46. The Hall–Kier alpha value is -0.920. The highest BCUT2D eigenvalue weighted by Gasteiger charge is 2.27. The van der Waals surface area contributed by atoms with Crippen molar-refractivity contribution in [2.24, 2.45) is 0 Å². The summed E-state index contributed by atoms with van der Waals surface area (Å²) in [5.74, 6) is -0.551. The number of aryl methyl sites for hydroxylation is 1. The largest absolute Gasteiger partial charge is 0.273 e. The lowest BCUT2D eigenvalue weighted by Crippen LogP contribution is -2.30. The van der Waals surface area contributed by atoms with E-state index in [1.54, 1.807) is 19.1 Å². The van der Waals surface area contributed by atoms with E-state index in [0.717, 1.165) is 25.0 Å². The molecule has 0 aliphatic heterocycles. The molecular weight excluding hydrogens is 365 g/mol. The van der Waals surface area contributed by atoms with E-state index < -0.39 is 15.8 Å². The van der Waals surface area contributed by atoms with Crippen LogP contribution in [0.3, 0.4) is 0 Å². The van der Waals surface area contributed by atoms with E-state index in [9.17, 15) is 12.8 Å². The van der Waals surface area contributed by atoms with Crippen molar-refractivity contribution >= 4 is 43.0 Å². The maximum atomic E-state index is 13.8. The molecule has 2 rings (SSSR count). The van der Waals surface area contributed by atoms with Gasteiger partial charge in [-0.05, 0) is 53.5 Å². The van der Waals surface area contributed by atoms with Gasteiger partial charge in [0.2, 0.25) is 0 Å². The van der Waals surface area contributed by atoms with Gasteiger partial charge in [-0.25, -0.2) is 12.8 Å². The van der Waals surface area contributed by atoms with Crippen molar-refractivity contribution in [3.8, 4) is 0 Å². The Labute approximate surface area is 130 Å². The molecule has 1 heterocycles. The maximum Gasteiger partial charge on any atom is 0.273 e. The van der Waals surface area contributed by atoms with Crippen LogP contribution in [0.25, 0.3) is 0 Å². The molecule has 0 aliphatic carbocycles. The summed E-state index contributed by atoms with van der Waals surface area (Å²) in [5, 5.41) is 0. The Balaban J connectivity index is 2.53. The fourth-order valence-electron chi connectivity index (χ4n) is 1.79. The minimum Gasteiger partial charge on any atom is -0.263 e. The zero-order valence-electron chi connectivity index (χ0n) is 10.9. The topological polar surface area (TPSA) is 37.4 Å². The first-order valence-electron chi connectivity index (χ1n) is 5.91. The quantitative estimate of drug-likeness (QED) is 0.801. The van der Waals surface area contributed by atoms with Crippen LogP contribution < -0.4 is 4.31 Å². The standard InChI is InChI=1S/C13H13BrFNO2S2/c1-3-16(11-7-5-4-6-10(11)15)20(17,18)12-8-9(2)13(14)19-12/h4-8H,3H2,1-2H3. The smallest absolute Gasteiger partial charge is 0.263 e. The van der Waals surface area contributed by atoms with E-state index in [0.29, 0.717) is 0 Å². The van der Waals surface area contributed by atoms with E-state index in [2.05, 4.69) is 15.9 Å². The van der Waals surface area contributed by atoms with Crippen LogP contribution in [0, 0.1) is 12.7 Å². The Kier molecular flexibility index (Phi) is 4.51. The van der Waals surface area contributed by atoms with Gasteiger partial charge in [-0.1, -0.05) is 12.1 Å². The second-order valence-corrected chi connectivity index (χ2v) is 8.60. The lowest BCUT2D eigenvalue weighted by atomic mass is 10.3. The molecule has 0 saturated carbocycles. The average molecular weight is 378 g/mol. The average Bonchev–Trinajstić information content (AvgIpc) is 2.73. The molecule has 1 aromatic carbocycles. The summed E-state index contributed by atoms with van der Waals surface area (Å²) in [6.45, 7) is 3.66. The highest BCUT2D eigenvalue weighted by molar-refractivity contribution is 9.11. The van der Waals surface area contributed by atoms with E-state index >= 15 is 0 Å². The third-order valence-electron chi connectivity index (χ3n) is 2.79. The molecule has 0 saturated heterocycles. The SMILES string of the molecule is CCN(c1ccccc1F)S(=O)(=O)c1cc(C)c(Br)s1. The third kappa shape index (κ3) is 2.75. The van der Waals surface area contributed by atoms with Crippen LogP contribution in [-0.4, -0.2) is 15.0 Å². The fraction of sp³-hybridized carbons (Fsp3) is 0.231. The predicted molar refractivity (Wildman–Crippen MR) is 83.4 cm³/mol. The summed E-state index contributed by atoms with van der Waals surface area (Å²) in [5.41, 5.74) is 0.912. The van der Waals surface area contributed by atoms with Gasteiger partial charge in [0.25, 0.3) is 10.0 Å². The Bertz CT molecular complexity index is 708. The summed E-state index contributed by atoms with van der Waals surface area (Å²) in [6.07, 6.45) is 0. The molecular formula is C13H13BrFNO2S2. The summed E-state index contributed by atoms with van der Waals surface area (Å²) < 4.78 is 41.2. The van der Waals surface area contributed by atoms with Crippen molar-refractivity contribution in [3.63, 3.8) is 0 Å². The van der Waals surface area contributed by atoms with Gasteiger partial charge in [0.15, 0.2) is 0 Å². The lowest BCUT2D eigenvalue weighted by molar-refractivity contribution is 0.588. The minimum atomic E-state index is -3.75. The zero-order chi connectivity index (χ0) is 14.9. The predicted octanol–water partition coefficient (Wildman–Crippen LogP) is 4.17. The van der Waals surface area contributed by atoms with Gasteiger partial charge in [-0.15, -0.1) is 11.3 Å². The molecule has 0 amide bonds. The van der Waals surface area contributed by atoms with Crippen LogP contribution in [0.4, 0.5) is 10.1 Å². The zero-order valence-corrected chi connectivity index (χ0v) is 14.1. The van der Waals surface area contributed by atoms with Crippen LogP contribution >= 0.6 is 27.3 Å². The molecule has 1 aromatic heterocycles. The molecule has 108 valence electrons. The number of sulfonamides is 1. The van der Waals surface area contributed by atoms with Gasteiger partial charge in [0.1, 0.15) is 10.0 Å². The molecule has 0 atom stereocenters. The number of nitrogens with zero attached hydrogens (tertiary/aromatic N) is 1. The maximum absolute atomic E-state index is 13.8. The van der Waals surface area contributed by atoms with Gasteiger partial charge >= 0.3 is 0 Å². The van der Waals surface area contributed by atoms with Crippen LogP contribution in [0.5, 0.6) is 0 Å². The molecule has 0 aliphatic rings. The molecule has 2 aromatic rings. The van der Waals surface area contributed by atoms with E-state index in [1.807, 2.05) is 6.92 Å². The van der Waals surface area contributed by atoms with Gasteiger partial charge in [-0.3, -0.25) is 4.31 Å². The van der Waals surface area contributed by atoms with Crippen molar-refractivity contribution in [3.05, 3.63) is 45.5 Å². The van der Waals surface area contributed by atoms with E-state index in [1.165, 1.54) is 18.2 Å². The fourth-order valence-corrected chi connectivity index (χ4v) is 5.61. The summed E-state index contributed by atoms with van der Waals surface area (Å²) in [4.78, 5) is 0. The molecule has 0 unspecified atom stereocenters. The van der Waals surface area contributed by atoms with Crippen LogP contribution in [0.2, 0.25) is 0 Å². The van der Waals surface area contributed by atoms with Gasteiger partial charge < -0.3 is 0 Å². The highest BCUT2D eigenvalue weighted by Crippen LogP contribution is 2.34. The van der Waals surface area contributed by atoms with E-state index in [-0.39, 0.29) is 16.4 Å². The molecule has 7 heteroatoms. The van der Waals surface area contributed by atoms with Gasteiger partial charge in [0, 0.05) is 6.54 Å². The van der Waals surface area contributed by atoms with Gasteiger partial charge in [0.05, 0.1) is 9.47 Å². The molecule has 3 nitrogen and oxygen atoms in total. The number of thiophene rings is 1. The number of benzene rings is 1. The second-order valence-electron chi connectivity index (χ2n) is 4.14. The monoisotopic (exact) mass is 377 g/mol. The van der Waals surface area contributed by atoms with Crippen LogP contribution in [0.15, 0.2) is 38.3 Å². The first-order chi connectivity index (χ1) is 9.37. The normalized spacial score (nSPS) is 11.6. The molecule has 0 N–H and O–H groups in total.